The van der Waals surface area contributed by atoms with E-state index in [1.165, 1.54) is 61.8 Å². The molecule has 0 bridgehead atoms. The van der Waals surface area contributed by atoms with Crippen molar-refractivity contribution in [3.8, 4) is 0 Å². The van der Waals surface area contributed by atoms with Crippen molar-refractivity contribution in [1.82, 2.24) is 14.8 Å². The average Bonchev–Trinajstić information content (AvgIpc) is 3.30. The molecule has 0 radical (unpaired) electrons. The number of H-pyrrole nitrogens is 1. The molecule has 3 heterocycles. The van der Waals surface area contributed by atoms with Crippen LogP contribution in [0.25, 0.3) is 10.9 Å². The number of halogens is 2. The summed E-state index contributed by atoms with van der Waals surface area (Å²) >= 11 is 12.0. The lowest BCUT2D eigenvalue weighted by atomic mass is 9.88. The third-order valence-corrected chi connectivity index (χ3v) is 8.19. The van der Waals surface area contributed by atoms with E-state index in [4.69, 9.17) is 23.2 Å². The Labute approximate surface area is 211 Å². The molecule has 178 valence electrons. The Morgan fingerprint density at radius 3 is 2.50 bits per heavy atom. The lowest BCUT2D eigenvalue weighted by molar-refractivity contribution is 0.104. The molecule has 0 unspecified atom stereocenters. The van der Waals surface area contributed by atoms with Crippen LogP contribution >= 0.6 is 23.2 Å². The Morgan fingerprint density at radius 1 is 0.971 bits per heavy atom. The first-order chi connectivity index (χ1) is 16.6. The fourth-order valence-corrected chi connectivity index (χ4v) is 5.72. The molecule has 1 aromatic heterocycles. The van der Waals surface area contributed by atoms with Crippen LogP contribution in [0, 0.1) is 5.92 Å². The third kappa shape index (κ3) is 5.35. The zero-order chi connectivity index (χ0) is 23.5. The van der Waals surface area contributed by atoms with Crippen molar-refractivity contribution in [3.63, 3.8) is 0 Å². The van der Waals surface area contributed by atoms with Crippen LogP contribution in [0.2, 0.25) is 10.0 Å². The summed E-state index contributed by atoms with van der Waals surface area (Å²) in [5, 5.41) is 2.26. The highest BCUT2D eigenvalue weighted by Gasteiger charge is 2.26. The van der Waals surface area contributed by atoms with Crippen LogP contribution in [-0.4, -0.2) is 53.3 Å². The highest BCUT2D eigenvalue weighted by molar-refractivity contribution is 6.42. The zero-order valence-electron chi connectivity index (χ0n) is 19.4. The molecule has 6 heteroatoms. The van der Waals surface area contributed by atoms with Crippen molar-refractivity contribution >= 4 is 39.9 Å². The summed E-state index contributed by atoms with van der Waals surface area (Å²) < 4.78 is 0. The first-order valence-electron chi connectivity index (χ1n) is 12.3. The van der Waals surface area contributed by atoms with Gasteiger partial charge in [-0.05, 0) is 80.4 Å². The molecule has 0 aliphatic carbocycles. The van der Waals surface area contributed by atoms with Crippen LogP contribution in [0.1, 0.15) is 47.5 Å². The molecule has 5 rings (SSSR count). The number of benzene rings is 2. The van der Waals surface area contributed by atoms with Gasteiger partial charge in [0.1, 0.15) is 0 Å². The fraction of sp³-hybridized carbons (Fsp3) is 0.393. The number of ketones is 1. The summed E-state index contributed by atoms with van der Waals surface area (Å²) in [6.45, 7) is 5.56. The molecule has 0 spiro atoms. The second kappa shape index (κ2) is 10.6. The monoisotopic (exact) mass is 495 g/mol. The Bertz CT molecular complexity index is 1170. The number of hydrogen-bond acceptors (Lipinski definition) is 3. The maximum Gasteiger partial charge on any atom is 0.187 e. The van der Waals surface area contributed by atoms with Gasteiger partial charge in [0.15, 0.2) is 5.78 Å². The maximum absolute atomic E-state index is 12.4. The molecular weight excluding hydrogens is 465 g/mol. The van der Waals surface area contributed by atoms with Crippen molar-refractivity contribution in [1.29, 1.82) is 0 Å². The van der Waals surface area contributed by atoms with Gasteiger partial charge in [0.05, 0.1) is 10.0 Å². The first kappa shape index (κ1) is 23.5. The van der Waals surface area contributed by atoms with E-state index >= 15 is 0 Å². The summed E-state index contributed by atoms with van der Waals surface area (Å²) in [6.07, 6.45) is 10.6. The first-order valence-corrected chi connectivity index (χ1v) is 13.0. The smallest absolute Gasteiger partial charge is 0.187 e. The van der Waals surface area contributed by atoms with E-state index in [9.17, 15) is 4.79 Å². The minimum absolute atomic E-state index is 0.0428. The van der Waals surface area contributed by atoms with Gasteiger partial charge in [-0.3, -0.25) is 4.79 Å². The number of nitrogens with one attached hydrogen (secondary N) is 1. The average molecular weight is 496 g/mol. The quantitative estimate of drug-likeness (QED) is 0.303. The second-order valence-corrected chi connectivity index (χ2v) is 10.5. The summed E-state index contributed by atoms with van der Waals surface area (Å²) in [6, 6.07) is 13.7. The topological polar surface area (TPSA) is 39.3 Å². The minimum atomic E-state index is -0.0428. The largest absolute Gasteiger partial charge is 0.377 e. The van der Waals surface area contributed by atoms with Gasteiger partial charge in [0.25, 0.3) is 0 Å². The number of allylic oxidation sites excluding steroid dienone is 1. The number of carbonyl (C=O) groups is 1. The minimum Gasteiger partial charge on any atom is -0.377 e. The predicted molar refractivity (Wildman–Crippen MR) is 141 cm³/mol. The maximum atomic E-state index is 12.4. The van der Waals surface area contributed by atoms with E-state index in [1.54, 1.807) is 24.3 Å². The van der Waals surface area contributed by atoms with Gasteiger partial charge in [-0.15, -0.1) is 0 Å². The Hall–Kier alpha value is -2.27. The molecule has 0 amide bonds. The normalized spacial score (nSPS) is 18.8. The molecule has 2 fully saturated rings. The van der Waals surface area contributed by atoms with Crippen LogP contribution in [-0.2, 0) is 0 Å². The van der Waals surface area contributed by atoms with Gasteiger partial charge < -0.3 is 14.8 Å². The highest BCUT2D eigenvalue weighted by Crippen LogP contribution is 2.33. The van der Waals surface area contributed by atoms with Gasteiger partial charge in [0, 0.05) is 54.6 Å². The molecule has 2 aliphatic rings. The lowest BCUT2D eigenvalue weighted by Crippen LogP contribution is -2.40. The van der Waals surface area contributed by atoms with Crippen LogP contribution in [0.4, 0.5) is 0 Å². The van der Waals surface area contributed by atoms with Crippen molar-refractivity contribution < 1.29 is 4.79 Å². The fourth-order valence-electron chi connectivity index (χ4n) is 5.43. The van der Waals surface area contributed by atoms with Gasteiger partial charge in [0.2, 0.25) is 0 Å². The molecule has 0 atom stereocenters. The molecule has 2 aromatic carbocycles. The number of hydrogen-bond donors (Lipinski definition) is 1. The zero-order valence-corrected chi connectivity index (χ0v) is 20.9. The number of likely N-dealkylation sites (tertiary alicyclic amines) is 2. The summed E-state index contributed by atoms with van der Waals surface area (Å²) in [5.41, 5.74) is 3.31. The second-order valence-electron chi connectivity index (χ2n) is 9.65. The molecule has 1 N–H and O–H groups in total. The SMILES string of the molecule is O=C(/C=C/N1CCC(CN2CCC(c3c[nH]c4ccccc34)CC2)CC1)c1ccc(Cl)c(Cl)c1. The van der Waals surface area contributed by atoms with Crippen LogP contribution < -0.4 is 0 Å². The van der Waals surface area contributed by atoms with E-state index in [0.717, 1.165) is 19.0 Å². The van der Waals surface area contributed by atoms with Gasteiger partial charge in [-0.1, -0.05) is 41.4 Å². The van der Waals surface area contributed by atoms with Crippen LogP contribution in [0.15, 0.2) is 60.9 Å². The van der Waals surface area contributed by atoms with Gasteiger partial charge in [-0.25, -0.2) is 0 Å². The number of aromatic amines is 1. The van der Waals surface area contributed by atoms with E-state index in [1.807, 2.05) is 6.20 Å². The van der Waals surface area contributed by atoms with Crippen LogP contribution in [0.5, 0.6) is 0 Å². The summed E-state index contributed by atoms with van der Waals surface area (Å²) in [4.78, 5) is 20.8. The van der Waals surface area contributed by atoms with Gasteiger partial charge >= 0.3 is 0 Å². The third-order valence-electron chi connectivity index (χ3n) is 7.46. The van der Waals surface area contributed by atoms with Crippen molar-refractivity contribution in [3.05, 3.63) is 82.1 Å². The number of rotatable bonds is 6. The number of nitrogens with zero attached hydrogens (tertiary/aromatic N) is 2. The Morgan fingerprint density at radius 2 is 1.74 bits per heavy atom. The van der Waals surface area contributed by atoms with Crippen molar-refractivity contribution in [2.24, 2.45) is 5.92 Å². The molecular formula is C28H31Cl2N3O. The number of para-hydroxylation sites is 1. The van der Waals surface area contributed by atoms with Crippen LogP contribution in [0.3, 0.4) is 0 Å². The standard InChI is InChI=1S/C28H31Cl2N3O/c29-25-6-5-22(17-26(25)30)28(34)11-16-32-12-7-20(8-13-32)19-33-14-9-21(10-15-33)24-18-31-27-4-2-1-3-23(24)27/h1-6,11,16-18,20-21,31H,7-10,12-15,19H2/b16-11+. The molecule has 3 aromatic rings. The number of fused-ring (bicyclic) bond motifs is 1. The number of carbonyl (C=O) groups excluding carboxylic acids is 1. The predicted octanol–water partition coefficient (Wildman–Crippen LogP) is 6.76. The Kier molecular flexibility index (Phi) is 7.29. The summed E-state index contributed by atoms with van der Waals surface area (Å²) in [5.74, 6) is 1.35. The van der Waals surface area contributed by atoms with Crippen molar-refractivity contribution in [2.75, 3.05) is 32.7 Å². The summed E-state index contributed by atoms with van der Waals surface area (Å²) in [7, 11) is 0. The van der Waals surface area contributed by atoms with Gasteiger partial charge in [-0.2, -0.15) is 0 Å². The Balaban J connectivity index is 1.07. The molecule has 0 saturated carbocycles. The number of piperidine rings is 2. The lowest BCUT2D eigenvalue weighted by Gasteiger charge is -2.37. The molecule has 2 saturated heterocycles. The number of aromatic nitrogens is 1. The molecule has 4 nitrogen and oxygen atoms in total. The van der Waals surface area contributed by atoms with E-state index in [0.29, 0.717) is 21.5 Å². The van der Waals surface area contributed by atoms with E-state index in [-0.39, 0.29) is 5.78 Å². The molecule has 2 aliphatic heterocycles. The van der Waals surface area contributed by atoms with E-state index in [2.05, 4.69) is 45.2 Å². The van der Waals surface area contributed by atoms with E-state index < -0.39 is 0 Å². The highest BCUT2D eigenvalue weighted by atomic mass is 35.5. The van der Waals surface area contributed by atoms with Crippen molar-refractivity contribution in [2.45, 2.75) is 31.6 Å². The molecule has 34 heavy (non-hydrogen) atoms.